The molecule has 0 aliphatic carbocycles. The van der Waals surface area contributed by atoms with Gasteiger partial charge >= 0.3 is 0 Å². The van der Waals surface area contributed by atoms with Crippen molar-refractivity contribution in [2.45, 2.75) is 17.9 Å². The second kappa shape index (κ2) is 6.37. The van der Waals surface area contributed by atoms with Gasteiger partial charge in [-0.25, -0.2) is 8.42 Å². The number of nitrogens with one attached hydrogen (secondary N) is 1. The van der Waals surface area contributed by atoms with Crippen molar-refractivity contribution in [2.75, 3.05) is 6.26 Å². The van der Waals surface area contributed by atoms with Gasteiger partial charge in [0.05, 0.1) is 10.9 Å². The Balaban J connectivity index is 2.15. The van der Waals surface area contributed by atoms with E-state index in [1.165, 1.54) is 29.0 Å². The standard InChI is InChI=1S/C16H18N2O4S/c1-11(12-4-6-14(7-5-12)23(3,21)22)17-16(20)13-8-9-18(2)15(19)10-13/h4-11H,1-3H3,(H,17,20). The lowest BCUT2D eigenvalue weighted by molar-refractivity contribution is 0.0939. The predicted molar refractivity (Wildman–Crippen MR) is 87.1 cm³/mol. The van der Waals surface area contributed by atoms with Crippen LogP contribution in [0.2, 0.25) is 0 Å². The molecule has 1 aromatic carbocycles. The number of sulfone groups is 1. The largest absolute Gasteiger partial charge is 0.346 e. The minimum atomic E-state index is -3.24. The molecule has 1 atom stereocenters. The number of pyridine rings is 1. The van der Waals surface area contributed by atoms with Crippen molar-refractivity contribution in [3.63, 3.8) is 0 Å². The number of amides is 1. The zero-order chi connectivity index (χ0) is 17.2. The Hall–Kier alpha value is -2.41. The predicted octanol–water partition coefficient (Wildman–Crippen LogP) is 1.28. The maximum absolute atomic E-state index is 12.2. The van der Waals surface area contributed by atoms with E-state index in [2.05, 4.69) is 5.32 Å². The van der Waals surface area contributed by atoms with Gasteiger partial charge in [0, 0.05) is 31.1 Å². The van der Waals surface area contributed by atoms with E-state index in [-0.39, 0.29) is 28.0 Å². The van der Waals surface area contributed by atoms with Crippen LogP contribution in [0.15, 0.2) is 52.3 Å². The quantitative estimate of drug-likeness (QED) is 0.913. The lowest BCUT2D eigenvalue weighted by Gasteiger charge is -2.15. The van der Waals surface area contributed by atoms with E-state index in [1.54, 1.807) is 32.2 Å². The minimum Gasteiger partial charge on any atom is -0.346 e. The Morgan fingerprint density at radius 2 is 1.78 bits per heavy atom. The smallest absolute Gasteiger partial charge is 0.252 e. The highest BCUT2D eigenvalue weighted by atomic mass is 32.2. The summed E-state index contributed by atoms with van der Waals surface area (Å²) in [7, 11) is -1.64. The first-order valence-corrected chi connectivity index (χ1v) is 8.85. The molecule has 1 N–H and O–H groups in total. The van der Waals surface area contributed by atoms with Gasteiger partial charge < -0.3 is 9.88 Å². The zero-order valence-corrected chi connectivity index (χ0v) is 13.9. The van der Waals surface area contributed by atoms with E-state index in [0.29, 0.717) is 0 Å². The molecule has 0 saturated heterocycles. The summed E-state index contributed by atoms with van der Waals surface area (Å²) in [5.41, 5.74) is 0.796. The number of hydrogen-bond donors (Lipinski definition) is 1. The summed E-state index contributed by atoms with van der Waals surface area (Å²) in [6.45, 7) is 1.79. The van der Waals surface area contributed by atoms with Crippen molar-refractivity contribution in [1.82, 2.24) is 9.88 Å². The van der Waals surface area contributed by atoms with E-state index in [4.69, 9.17) is 0 Å². The summed E-state index contributed by atoms with van der Waals surface area (Å²) >= 11 is 0. The van der Waals surface area contributed by atoms with E-state index in [9.17, 15) is 18.0 Å². The molecule has 0 bridgehead atoms. The molecule has 1 heterocycles. The fourth-order valence-electron chi connectivity index (χ4n) is 2.06. The highest BCUT2D eigenvalue weighted by Gasteiger charge is 2.13. The lowest BCUT2D eigenvalue weighted by Crippen LogP contribution is -2.28. The van der Waals surface area contributed by atoms with Crippen LogP contribution in [0.1, 0.15) is 28.9 Å². The van der Waals surface area contributed by atoms with E-state index in [1.807, 2.05) is 0 Å². The second-order valence-electron chi connectivity index (χ2n) is 5.40. The molecule has 1 amide bonds. The van der Waals surface area contributed by atoms with Gasteiger partial charge in [0.2, 0.25) is 0 Å². The van der Waals surface area contributed by atoms with Gasteiger partial charge in [-0.15, -0.1) is 0 Å². The fourth-order valence-corrected chi connectivity index (χ4v) is 2.69. The normalized spacial score (nSPS) is 12.7. The molecular formula is C16H18N2O4S. The fraction of sp³-hybridized carbons (Fsp3) is 0.250. The van der Waals surface area contributed by atoms with E-state index in [0.717, 1.165) is 11.8 Å². The Kier molecular flexibility index (Phi) is 4.70. The van der Waals surface area contributed by atoms with Gasteiger partial charge in [-0.3, -0.25) is 9.59 Å². The Labute approximate surface area is 134 Å². The SMILES string of the molecule is CC(NC(=O)c1ccn(C)c(=O)c1)c1ccc(S(C)(=O)=O)cc1. The van der Waals surface area contributed by atoms with E-state index < -0.39 is 9.84 Å². The van der Waals surface area contributed by atoms with Gasteiger partial charge in [0.1, 0.15) is 0 Å². The molecule has 23 heavy (non-hydrogen) atoms. The van der Waals surface area contributed by atoms with Crippen molar-refractivity contribution >= 4 is 15.7 Å². The summed E-state index contributed by atoms with van der Waals surface area (Å²) < 4.78 is 24.2. The number of hydrogen-bond acceptors (Lipinski definition) is 4. The van der Waals surface area contributed by atoms with Crippen LogP contribution in [0.3, 0.4) is 0 Å². The van der Waals surface area contributed by atoms with Gasteiger partial charge in [-0.2, -0.15) is 0 Å². The van der Waals surface area contributed by atoms with Crippen LogP contribution in [0, 0.1) is 0 Å². The summed E-state index contributed by atoms with van der Waals surface area (Å²) in [6, 6.07) is 8.85. The summed E-state index contributed by atoms with van der Waals surface area (Å²) in [4.78, 5) is 23.9. The van der Waals surface area contributed by atoms with Gasteiger partial charge in [-0.1, -0.05) is 12.1 Å². The molecular weight excluding hydrogens is 316 g/mol. The topological polar surface area (TPSA) is 85.2 Å². The van der Waals surface area contributed by atoms with Crippen molar-refractivity contribution < 1.29 is 13.2 Å². The summed E-state index contributed by atoms with van der Waals surface area (Å²) in [6.07, 6.45) is 2.67. The number of carbonyl (C=O) groups excluding carboxylic acids is 1. The first-order chi connectivity index (χ1) is 10.7. The van der Waals surface area contributed by atoms with Crippen LogP contribution < -0.4 is 10.9 Å². The first kappa shape index (κ1) is 17.0. The Bertz CT molecular complexity index is 883. The average Bonchev–Trinajstić information content (AvgIpc) is 2.49. The van der Waals surface area contributed by atoms with Crippen molar-refractivity contribution in [3.8, 4) is 0 Å². The number of rotatable bonds is 4. The minimum absolute atomic E-state index is 0.228. The van der Waals surface area contributed by atoms with Gasteiger partial charge in [0.25, 0.3) is 11.5 Å². The monoisotopic (exact) mass is 334 g/mol. The molecule has 2 aromatic rings. The summed E-state index contributed by atoms with van der Waals surface area (Å²) in [5.74, 6) is -0.359. The maximum Gasteiger partial charge on any atom is 0.252 e. The molecule has 0 radical (unpaired) electrons. The second-order valence-corrected chi connectivity index (χ2v) is 7.42. The Morgan fingerprint density at radius 3 is 2.30 bits per heavy atom. The molecule has 0 fully saturated rings. The molecule has 0 spiro atoms. The van der Waals surface area contributed by atoms with Crippen molar-refractivity contribution in [1.29, 1.82) is 0 Å². The highest BCUT2D eigenvalue weighted by molar-refractivity contribution is 7.90. The van der Waals surface area contributed by atoms with Crippen LogP contribution in [0.25, 0.3) is 0 Å². The number of benzene rings is 1. The molecule has 1 unspecified atom stereocenters. The molecule has 2 rings (SSSR count). The van der Waals surface area contributed by atoms with Gasteiger partial charge in [-0.05, 0) is 30.7 Å². The third-order valence-corrected chi connectivity index (χ3v) is 4.65. The lowest BCUT2D eigenvalue weighted by atomic mass is 10.1. The summed E-state index contributed by atoms with van der Waals surface area (Å²) in [5, 5.41) is 2.78. The number of aromatic nitrogens is 1. The third kappa shape index (κ3) is 4.07. The molecule has 6 nitrogen and oxygen atoms in total. The zero-order valence-electron chi connectivity index (χ0n) is 13.1. The average molecular weight is 334 g/mol. The van der Waals surface area contributed by atoms with Gasteiger partial charge in [0.15, 0.2) is 9.84 Å². The first-order valence-electron chi connectivity index (χ1n) is 6.96. The third-order valence-electron chi connectivity index (χ3n) is 3.52. The van der Waals surface area contributed by atoms with Crippen LogP contribution in [0.4, 0.5) is 0 Å². The van der Waals surface area contributed by atoms with Crippen LogP contribution in [-0.2, 0) is 16.9 Å². The number of aryl methyl sites for hydroxylation is 1. The molecule has 0 saturated carbocycles. The van der Waals surface area contributed by atoms with Crippen LogP contribution in [-0.4, -0.2) is 25.1 Å². The maximum atomic E-state index is 12.2. The molecule has 0 aliphatic rings. The molecule has 0 aliphatic heterocycles. The Morgan fingerprint density at radius 1 is 1.17 bits per heavy atom. The van der Waals surface area contributed by atoms with E-state index >= 15 is 0 Å². The molecule has 122 valence electrons. The molecule has 1 aromatic heterocycles. The van der Waals surface area contributed by atoms with Crippen LogP contribution >= 0.6 is 0 Å². The number of nitrogens with zero attached hydrogens (tertiary/aromatic N) is 1. The van der Waals surface area contributed by atoms with Crippen molar-refractivity contribution in [3.05, 3.63) is 64.1 Å². The highest BCUT2D eigenvalue weighted by Crippen LogP contribution is 2.16. The molecule has 7 heteroatoms. The van der Waals surface area contributed by atoms with Crippen LogP contribution in [0.5, 0.6) is 0 Å². The number of carbonyl (C=O) groups is 1. The van der Waals surface area contributed by atoms with Crippen molar-refractivity contribution in [2.24, 2.45) is 7.05 Å².